The number of nitrogens with zero attached hydrogens (tertiary/aromatic N) is 1. The zero-order valence-electron chi connectivity index (χ0n) is 9.37. The highest BCUT2D eigenvalue weighted by molar-refractivity contribution is 14.1. The SMILES string of the molecule is Cc1cccc(I)c1-c1nc2ccccc2[nH]1. The first kappa shape index (κ1) is 10.8. The molecule has 84 valence electrons. The van der Waals surface area contributed by atoms with Crippen LogP contribution in [-0.2, 0) is 0 Å². The number of para-hydroxylation sites is 2. The number of imidazole rings is 1. The Morgan fingerprint density at radius 1 is 1.06 bits per heavy atom. The molecule has 1 N–H and O–H groups in total. The number of rotatable bonds is 1. The Bertz CT molecular complexity index is 632. The van der Waals surface area contributed by atoms with Gasteiger partial charge in [-0.1, -0.05) is 24.3 Å². The summed E-state index contributed by atoms with van der Waals surface area (Å²) >= 11 is 2.35. The van der Waals surface area contributed by atoms with Crippen molar-refractivity contribution in [1.82, 2.24) is 9.97 Å². The van der Waals surface area contributed by atoms with Gasteiger partial charge in [0.15, 0.2) is 0 Å². The predicted molar refractivity (Wildman–Crippen MR) is 79.0 cm³/mol. The van der Waals surface area contributed by atoms with Crippen LogP contribution in [0.3, 0.4) is 0 Å². The molecular formula is C14H11IN2. The molecule has 0 unspecified atom stereocenters. The van der Waals surface area contributed by atoms with E-state index in [4.69, 9.17) is 0 Å². The van der Waals surface area contributed by atoms with Crippen molar-refractivity contribution < 1.29 is 0 Å². The van der Waals surface area contributed by atoms with Crippen LogP contribution in [-0.4, -0.2) is 9.97 Å². The average Bonchev–Trinajstić information content (AvgIpc) is 2.71. The zero-order valence-corrected chi connectivity index (χ0v) is 11.5. The minimum Gasteiger partial charge on any atom is -0.338 e. The second-order valence-electron chi connectivity index (χ2n) is 4.03. The Morgan fingerprint density at radius 3 is 2.65 bits per heavy atom. The summed E-state index contributed by atoms with van der Waals surface area (Å²) < 4.78 is 1.22. The van der Waals surface area contributed by atoms with E-state index in [-0.39, 0.29) is 0 Å². The van der Waals surface area contributed by atoms with Crippen LogP contribution in [0.5, 0.6) is 0 Å². The molecule has 0 atom stereocenters. The molecule has 0 aliphatic rings. The number of aryl methyl sites for hydroxylation is 1. The van der Waals surface area contributed by atoms with E-state index in [0.29, 0.717) is 0 Å². The predicted octanol–water partition coefficient (Wildman–Crippen LogP) is 4.14. The maximum absolute atomic E-state index is 4.64. The van der Waals surface area contributed by atoms with Crippen LogP contribution >= 0.6 is 22.6 Å². The quantitative estimate of drug-likeness (QED) is 0.666. The van der Waals surface area contributed by atoms with E-state index < -0.39 is 0 Å². The smallest absolute Gasteiger partial charge is 0.139 e. The van der Waals surface area contributed by atoms with Crippen LogP contribution in [0.4, 0.5) is 0 Å². The molecule has 0 spiro atoms. The first-order valence-electron chi connectivity index (χ1n) is 5.46. The summed E-state index contributed by atoms with van der Waals surface area (Å²) in [4.78, 5) is 8.02. The van der Waals surface area contributed by atoms with Crippen molar-refractivity contribution in [3.63, 3.8) is 0 Å². The van der Waals surface area contributed by atoms with Gasteiger partial charge in [-0.3, -0.25) is 0 Å². The molecule has 3 aromatic rings. The topological polar surface area (TPSA) is 28.7 Å². The Balaban J connectivity index is 2.27. The number of halogens is 1. The second kappa shape index (κ2) is 4.14. The zero-order chi connectivity index (χ0) is 11.8. The van der Waals surface area contributed by atoms with Crippen LogP contribution in [0.15, 0.2) is 42.5 Å². The van der Waals surface area contributed by atoms with Gasteiger partial charge in [-0.05, 0) is 53.3 Å². The molecule has 0 amide bonds. The summed E-state index contributed by atoms with van der Waals surface area (Å²) in [5.74, 6) is 0.953. The third kappa shape index (κ3) is 1.84. The molecule has 0 bridgehead atoms. The number of aromatic nitrogens is 2. The lowest BCUT2D eigenvalue weighted by Crippen LogP contribution is -1.89. The lowest BCUT2D eigenvalue weighted by atomic mass is 10.1. The molecule has 2 nitrogen and oxygen atoms in total. The Hall–Kier alpha value is -1.36. The monoisotopic (exact) mass is 334 g/mol. The molecule has 2 aromatic carbocycles. The first-order valence-corrected chi connectivity index (χ1v) is 6.54. The third-order valence-corrected chi connectivity index (χ3v) is 3.75. The van der Waals surface area contributed by atoms with Crippen molar-refractivity contribution in [2.45, 2.75) is 6.92 Å². The van der Waals surface area contributed by atoms with Gasteiger partial charge in [0.25, 0.3) is 0 Å². The lowest BCUT2D eigenvalue weighted by Gasteiger charge is -2.04. The Morgan fingerprint density at radius 2 is 1.88 bits per heavy atom. The van der Waals surface area contributed by atoms with Gasteiger partial charge in [0.05, 0.1) is 11.0 Å². The van der Waals surface area contributed by atoms with Gasteiger partial charge in [0, 0.05) is 9.13 Å². The number of nitrogens with one attached hydrogen (secondary N) is 1. The Labute approximate surface area is 113 Å². The molecular weight excluding hydrogens is 323 g/mol. The fourth-order valence-corrected chi connectivity index (χ4v) is 2.89. The first-order chi connectivity index (χ1) is 8.25. The minimum atomic E-state index is 0.953. The summed E-state index contributed by atoms with van der Waals surface area (Å²) in [5, 5.41) is 0. The third-order valence-electron chi connectivity index (χ3n) is 2.85. The molecule has 3 rings (SSSR count). The van der Waals surface area contributed by atoms with Crippen molar-refractivity contribution in [3.05, 3.63) is 51.6 Å². The minimum absolute atomic E-state index is 0.953. The molecule has 17 heavy (non-hydrogen) atoms. The average molecular weight is 334 g/mol. The van der Waals surface area contributed by atoms with E-state index in [0.717, 1.165) is 16.9 Å². The standard InChI is InChI=1S/C14H11IN2/c1-9-5-4-6-10(15)13(9)14-16-11-7-2-3-8-12(11)17-14/h2-8H,1H3,(H,16,17). The maximum atomic E-state index is 4.64. The largest absolute Gasteiger partial charge is 0.338 e. The van der Waals surface area contributed by atoms with Crippen molar-refractivity contribution in [1.29, 1.82) is 0 Å². The highest BCUT2D eigenvalue weighted by Gasteiger charge is 2.10. The van der Waals surface area contributed by atoms with Crippen LogP contribution in [0.1, 0.15) is 5.56 Å². The van der Waals surface area contributed by atoms with E-state index >= 15 is 0 Å². The highest BCUT2D eigenvalue weighted by atomic mass is 127. The summed E-state index contributed by atoms with van der Waals surface area (Å²) in [6.07, 6.45) is 0. The number of fused-ring (bicyclic) bond motifs is 1. The fraction of sp³-hybridized carbons (Fsp3) is 0.0714. The number of hydrogen-bond acceptors (Lipinski definition) is 1. The molecule has 0 radical (unpaired) electrons. The summed E-state index contributed by atoms with van der Waals surface area (Å²) in [7, 11) is 0. The van der Waals surface area contributed by atoms with Crippen LogP contribution in [0.2, 0.25) is 0 Å². The van der Waals surface area contributed by atoms with Gasteiger partial charge in [-0.15, -0.1) is 0 Å². The van der Waals surface area contributed by atoms with Gasteiger partial charge in [0.1, 0.15) is 5.82 Å². The molecule has 0 aliphatic carbocycles. The lowest BCUT2D eigenvalue weighted by molar-refractivity contribution is 1.30. The van der Waals surface area contributed by atoms with E-state index in [1.54, 1.807) is 0 Å². The van der Waals surface area contributed by atoms with Crippen molar-refractivity contribution in [3.8, 4) is 11.4 Å². The van der Waals surface area contributed by atoms with Crippen LogP contribution in [0.25, 0.3) is 22.4 Å². The van der Waals surface area contributed by atoms with Gasteiger partial charge in [-0.25, -0.2) is 4.98 Å². The number of H-pyrrole nitrogens is 1. The number of benzene rings is 2. The molecule has 0 saturated carbocycles. The number of aromatic amines is 1. The van der Waals surface area contributed by atoms with Crippen LogP contribution < -0.4 is 0 Å². The molecule has 1 heterocycles. The normalized spacial score (nSPS) is 10.9. The van der Waals surface area contributed by atoms with E-state index in [1.807, 2.05) is 18.2 Å². The van der Waals surface area contributed by atoms with Crippen molar-refractivity contribution in [2.75, 3.05) is 0 Å². The van der Waals surface area contributed by atoms with Crippen LogP contribution in [0, 0.1) is 10.5 Å². The molecule has 0 aliphatic heterocycles. The van der Waals surface area contributed by atoms with Crippen molar-refractivity contribution in [2.24, 2.45) is 0 Å². The second-order valence-corrected chi connectivity index (χ2v) is 5.20. The van der Waals surface area contributed by atoms with E-state index in [2.05, 4.69) is 63.7 Å². The molecule has 0 fully saturated rings. The summed E-state index contributed by atoms with van der Waals surface area (Å²) in [5.41, 5.74) is 4.54. The van der Waals surface area contributed by atoms with Gasteiger partial charge >= 0.3 is 0 Å². The molecule has 1 aromatic heterocycles. The number of hydrogen-bond donors (Lipinski definition) is 1. The fourth-order valence-electron chi connectivity index (χ4n) is 2.00. The van der Waals surface area contributed by atoms with Gasteiger partial charge in [-0.2, -0.15) is 0 Å². The van der Waals surface area contributed by atoms with Gasteiger partial charge in [0.2, 0.25) is 0 Å². The van der Waals surface area contributed by atoms with E-state index in [9.17, 15) is 0 Å². The van der Waals surface area contributed by atoms with E-state index in [1.165, 1.54) is 14.7 Å². The molecule has 3 heteroatoms. The van der Waals surface area contributed by atoms with Crippen molar-refractivity contribution >= 4 is 33.6 Å². The highest BCUT2D eigenvalue weighted by Crippen LogP contribution is 2.27. The summed E-state index contributed by atoms with van der Waals surface area (Å²) in [6, 6.07) is 14.4. The Kier molecular flexibility index (Phi) is 2.63. The maximum Gasteiger partial charge on any atom is 0.139 e. The molecule has 0 saturated heterocycles. The summed E-state index contributed by atoms with van der Waals surface area (Å²) in [6.45, 7) is 2.12. The van der Waals surface area contributed by atoms with Gasteiger partial charge < -0.3 is 4.98 Å².